The third kappa shape index (κ3) is 5.87. The number of allylic oxidation sites excluding steroid dienone is 7. The summed E-state index contributed by atoms with van der Waals surface area (Å²) >= 11 is 0. The van der Waals surface area contributed by atoms with E-state index >= 15 is 0 Å². The molecule has 0 bridgehead atoms. The summed E-state index contributed by atoms with van der Waals surface area (Å²) in [5.74, 6) is 4.55. The Hall–Kier alpha value is -2.01. The lowest BCUT2D eigenvalue weighted by atomic mass is 9.73. The van der Waals surface area contributed by atoms with Crippen LogP contribution in [0.2, 0.25) is 0 Å². The highest BCUT2D eigenvalue weighted by atomic mass is 16.4. The van der Waals surface area contributed by atoms with Gasteiger partial charge >= 0.3 is 5.97 Å². The van der Waals surface area contributed by atoms with E-state index in [1.807, 2.05) is 6.08 Å². The number of hydrogen-bond donors (Lipinski definition) is 1. The van der Waals surface area contributed by atoms with E-state index in [1.54, 1.807) is 19.1 Å². The summed E-state index contributed by atoms with van der Waals surface area (Å²) < 4.78 is 7.31. The van der Waals surface area contributed by atoms with Crippen LogP contribution in [0, 0.1) is 17.3 Å². The third-order valence-electron chi connectivity index (χ3n) is 3.68. The Morgan fingerprint density at radius 2 is 2.05 bits per heavy atom. The van der Waals surface area contributed by atoms with Crippen LogP contribution in [-0.4, -0.2) is 11.1 Å². The first-order chi connectivity index (χ1) is 10.3. The maximum Gasteiger partial charge on any atom is 0.328 e. The molecule has 0 atom stereocenters. The fourth-order valence-corrected chi connectivity index (χ4v) is 2.61. The normalized spacial score (nSPS) is 20.1. The van der Waals surface area contributed by atoms with Crippen molar-refractivity contribution in [3.05, 3.63) is 47.1 Å². The minimum Gasteiger partial charge on any atom is -0.478 e. The van der Waals surface area contributed by atoms with Crippen LogP contribution >= 0.6 is 0 Å². The first kappa shape index (κ1) is 15.4. The summed E-state index contributed by atoms with van der Waals surface area (Å²) in [5, 5.41) is 8.68. The molecule has 2 nitrogen and oxygen atoms in total. The molecular formula is C19H24O2. The second-order valence-electron chi connectivity index (χ2n) is 6.00. The number of carboxylic acid groups (broad SMARTS) is 1. The highest BCUT2D eigenvalue weighted by Gasteiger charge is 2.26. The van der Waals surface area contributed by atoms with Crippen LogP contribution in [0.5, 0.6) is 0 Å². The molecule has 21 heavy (non-hydrogen) atoms. The Morgan fingerprint density at radius 1 is 1.38 bits per heavy atom. The van der Waals surface area contributed by atoms with E-state index in [9.17, 15) is 4.79 Å². The summed E-state index contributed by atoms with van der Waals surface area (Å²) in [5.41, 5.74) is 3.39. The first-order valence-electron chi connectivity index (χ1n) is 7.71. The summed E-state index contributed by atoms with van der Waals surface area (Å²) in [6.45, 7) is 8.30. The molecule has 0 aromatic carbocycles. The van der Waals surface area contributed by atoms with Crippen molar-refractivity contribution in [1.29, 1.82) is 0 Å². The molecule has 1 aliphatic rings. The molecule has 0 radical (unpaired) electrons. The van der Waals surface area contributed by atoms with Crippen molar-refractivity contribution in [2.24, 2.45) is 5.41 Å². The molecule has 0 saturated carbocycles. The van der Waals surface area contributed by atoms with Crippen molar-refractivity contribution >= 4 is 5.97 Å². The molecule has 112 valence electrons. The van der Waals surface area contributed by atoms with Gasteiger partial charge in [-0.05, 0) is 61.8 Å². The zero-order valence-electron chi connectivity index (χ0n) is 14.3. The lowest BCUT2D eigenvalue weighted by Gasteiger charge is -2.32. The highest BCUT2D eigenvalue weighted by Crippen LogP contribution is 2.40. The monoisotopic (exact) mass is 285 g/mol. The Kier molecular flexibility index (Phi) is 5.63. The van der Waals surface area contributed by atoms with E-state index < -0.39 is 12.0 Å². The molecular weight excluding hydrogens is 260 g/mol. The van der Waals surface area contributed by atoms with Crippen LogP contribution in [0.15, 0.2) is 47.1 Å². The van der Waals surface area contributed by atoms with Gasteiger partial charge in [0.25, 0.3) is 0 Å². The summed E-state index contributed by atoms with van der Waals surface area (Å²) in [7, 11) is 0. The highest BCUT2D eigenvalue weighted by molar-refractivity contribution is 5.81. The van der Waals surface area contributed by atoms with Crippen LogP contribution < -0.4 is 0 Å². The lowest BCUT2D eigenvalue weighted by Crippen LogP contribution is -2.18. The topological polar surface area (TPSA) is 37.3 Å². The van der Waals surface area contributed by atoms with Gasteiger partial charge in [-0.25, -0.2) is 4.79 Å². The lowest BCUT2D eigenvalue weighted by molar-refractivity contribution is -0.131. The Labute approximate surface area is 129 Å². The van der Waals surface area contributed by atoms with Gasteiger partial charge in [0.15, 0.2) is 0 Å². The van der Waals surface area contributed by atoms with Crippen molar-refractivity contribution in [3.63, 3.8) is 0 Å². The van der Waals surface area contributed by atoms with E-state index in [0.29, 0.717) is 5.57 Å². The molecule has 2 heteroatoms. The standard InChI is InChI=1S/C19H24O2/c1-15(14-18(20)21)10-7-5-6-8-12-17-16(2)11-9-13-19(17,3)4/h7-8,10,12,14H,9,11,13H2,1-4H3,(H,20,21)/b10-7+,12-8+,15-14-/i14D. The Morgan fingerprint density at radius 3 is 2.67 bits per heavy atom. The number of hydrogen-bond acceptors (Lipinski definition) is 1. The summed E-state index contributed by atoms with van der Waals surface area (Å²) in [6, 6.07) is -0.404. The van der Waals surface area contributed by atoms with Gasteiger partial charge in [0, 0.05) is 6.05 Å². The molecule has 1 rings (SSSR count). The van der Waals surface area contributed by atoms with Crippen molar-refractivity contribution < 1.29 is 11.3 Å². The number of carbonyl (C=O) groups is 1. The van der Waals surface area contributed by atoms with E-state index in [0.717, 1.165) is 6.42 Å². The van der Waals surface area contributed by atoms with Gasteiger partial charge in [0.05, 0.1) is 1.37 Å². The predicted molar refractivity (Wildman–Crippen MR) is 87.8 cm³/mol. The zero-order chi connectivity index (χ0) is 16.8. The van der Waals surface area contributed by atoms with Gasteiger partial charge in [-0.1, -0.05) is 43.4 Å². The number of rotatable bonds is 3. The van der Waals surface area contributed by atoms with Crippen LogP contribution in [0.1, 0.15) is 48.3 Å². The average molecular weight is 285 g/mol. The SMILES string of the molecule is [2H]/C(C(=O)O)=C(C)/C=C/C#C/C=C/C1=C(C)CCCC1(C)C. The second kappa shape index (κ2) is 7.69. The largest absolute Gasteiger partial charge is 0.478 e. The smallest absolute Gasteiger partial charge is 0.328 e. The maximum atomic E-state index is 10.6. The molecule has 0 aromatic heterocycles. The molecule has 0 aromatic rings. The van der Waals surface area contributed by atoms with E-state index in [-0.39, 0.29) is 5.41 Å². The predicted octanol–water partition coefficient (Wildman–Crippen LogP) is 4.66. The molecule has 0 spiro atoms. The van der Waals surface area contributed by atoms with Gasteiger partial charge in [0.2, 0.25) is 0 Å². The fraction of sp³-hybridized carbons (Fsp3) is 0.421. The zero-order valence-corrected chi connectivity index (χ0v) is 13.3. The van der Waals surface area contributed by atoms with Crippen molar-refractivity contribution in [1.82, 2.24) is 0 Å². The maximum absolute atomic E-state index is 10.6. The van der Waals surface area contributed by atoms with Crippen LogP contribution in [-0.2, 0) is 4.79 Å². The van der Waals surface area contributed by atoms with Crippen molar-refractivity contribution in [2.75, 3.05) is 0 Å². The average Bonchev–Trinajstić information content (AvgIpc) is 2.43. The molecule has 0 saturated heterocycles. The molecule has 0 unspecified atom stereocenters. The van der Waals surface area contributed by atoms with E-state index in [2.05, 4.69) is 38.7 Å². The number of aliphatic carboxylic acids is 1. The Balaban J connectivity index is 2.76. The minimum atomic E-state index is -1.23. The minimum absolute atomic E-state index is 0.206. The van der Waals surface area contributed by atoms with Gasteiger partial charge in [-0.2, -0.15) is 0 Å². The fourth-order valence-electron chi connectivity index (χ4n) is 2.61. The molecule has 1 aliphatic carbocycles. The van der Waals surface area contributed by atoms with E-state index in [1.165, 1.54) is 24.0 Å². The molecule has 0 fully saturated rings. The van der Waals surface area contributed by atoms with Crippen LogP contribution in [0.4, 0.5) is 0 Å². The van der Waals surface area contributed by atoms with Crippen molar-refractivity contribution in [3.8, 4) is 11.8 Å². The van der Waals surface area contributed by atoms with Gasteiger partial charge in [-0.3, -0.25) is 0 Å². The Bertz CT molecular complexity index is 620. The first-order valence-corrected chi connectivity index (χ1v) is 7.21. The molecule has 0 heterocycles. The molecule has 1 N–H and O–H groups in total. The molecule has 0 aliphatic heterocycles. The number of carboxylic acids is 1. The van der Waals surface area contributed by atoms with E-state index in [4.69, 9.17) is 6.48 Å². The van der Waals surface area contributed by atoms with Gasteiger partial charge < -0.3 is 5.11 Å². The third-order valence-corrected chi connectivity index (χ3v) is 3.68. The van der Waals surface area contributed by atoms with Gasteiger partial charge in [-0.15, -0.1) is 0 Å². The quantitative estimate of drug-likeness (QED) is 0.465. The van der Waals surface area contributed by atoms with Gasteiger partial charge in [0.1, 0.15) is 0 Å². The second-order valence-corrected chi connectivity index (χ2v) is 6.00. The van der Waals surface area contributed by atoms with Crippen molar-refractivity contribution in [2.45, 2.75) is 47.0 Å². The summed E-state index contributed by atoms with van der Waals surface area (Å²) in [4.78, 5) is 10.6. The van der Waals surface area contributed by atoms with Crippen LogP contribution in [0.25, 0.3) is 0 Å². The molecule has 0 amide bonds. The van der Waals surface area contributed by atoms with Crippen LogP contribution in [0.3, 0.4) is 0 Å². The summed E-state index contributed by atoms with van der Waals surface area (Å²) in [6.07, 6.45) is 10.6.